The number of nitrogens with two attached hydrogens (primary N) is 1. The summed E-state index contributed by atoms with van der Waals surface area (Å²) in [6.45, 7) is 5.23. The van der Waals surface area contributed by atoms with Crippen LogP contribution in [-0.4, -0.2) is 68.8 Å². The van der Waals surface area contributed by atoms with Gasteiger partial charge in [0.05, 0.1) is 23.1 Å². The average Bonchev–Trinajstić information content (AvgIpc) is 3.38. The molecule has 0 bridgehead atoms. The minimum Gasteiger partial charge on any atom is -0.383 e. The van der Waals surface area contributed by atoms with Crippen molar-refractivity contribution >= 4 is 22.5 Å². The van der Waals surface area contributed by atoms with Gasteiger partial charge < -0.3 is 16.0 Å². The predicted molar refractivity (Wildman–Crippen MR) is 154 cm³/mol. The first kappa shape index (κ1) is 25.3. The van der Waals surface area contributed by atoms with Crippen molar-refractivity contribution in [3.05, 3.63) is 66.0 Å². The van der Waals surface area contributed by atoms with Crippen LogP contribution in [0.4, 0.5) is 11.5 Å². The van der Waals surface area contributed by atoms with Crippen molar-refractivity contribution in [2.75, 3.05) is 44.3 Å². The Morgan fingerprint density at radius 2 is 1.67 bits per heavy atom. The van der Waals surface area contributed by atoms with Crippen LogP contribution in [-0.2, 0) is 6.54 Å². The van der Waals surface area contributed by atoms with Gasteiger partial charge in [-0.3, -0.25) is 4.90 Å². The Labute approximate surface area is 229 Å². The largest absolute Gasteiger partial charge is 0.383 e. The Hall–Kier alpha value is -4.00. The van der Waals surface area contributed by atoms with E-state index >= 15 is 0 Å². The highest BCUT2D eigenvalue weighted by Crippen LogP contribution is 2.37. The third-order valence-corrected chi connectivity index (χ3v) is 8.36. The monoisotopic (exact) mass is 521 g/mol. The third-order valence-electron chi connectivity index (χ3n) is 8.36. The molecular formula is C30H35N9. The summed E-state index contributed by atoms with van der Waals surface area (Å²) in [7, 11) is 2.21. The van der Waals surface area contributed by atoms with Crippen molar-refractivity contribution in [2.45, 2.75) is 44.3 Å². The summed E-state index contributed by atoms with van der Waals surface area (Å²) in [5, 5.41) is 18.7. The first-order valence-corrected chi connectivity index (χ1v) is 13.8. The number of hydrogen-bond donors (Lipinski definition) is 2. The van der Waals surface area contributed by atoms with Gasteiger partial charge in [0.15, 0.2) is 5.65 Å². The second kappa shape index (κ2) is 11.0. The van der Waals surface area contributed by atoms with Gasteiger partial charge in [-0.15, -0.1) is 0 Å². The highest BCUT2D eigenvalue weighted by atomic mass is 15.3. The molecule has 3 N–H and O–H groups in total. The molecule has 2 aromatic carbocycles. The number of hydrogen-bond acceptors (Lipinski definition) is 8. The van der Waals surface area contributed by atoms with Crippen LogP contribution in [0.2, 0.25) is 0 Å². The van der Waals surface area contributed by atoms with E-state index in [1.54, 1.807) is 6.33 Å². The van der Waals surface area contributed by atoms with Crippen LogP contribution in [0.5, 0.6) is 0 Å². The molecule has 0 amide bonds. The summed E-state index contributed by atoms with van der Waals surface area (Å²) in [6, 6.07) is 19.1. The molecular weight excluding hydrogens is 486 g/mol. The second-order valence-corrected chi connectivity index (χ2v) is 10.8. The van der Waals surface area contributed by atoms with Crippen molar-refractivity contribution in [1.29, 1.82) is 5.26 Å². The lowest BCUT2D eigenvalue weighted by Crippen LogP contribution is -2.49. The van der Waals surface area contributed by atoms with E-state index in [-0.39, 0.29) is 0 Å². The molecule has 0 atom stereocenters. The van der Waals surface area contributed by atoms with E-state index in [0.29, 0.717) is 30.0 Å². The number of nitrogens with one attached hydrogen (secondary N) is 1. The molecule has 9 heteroatoms. The molecule has 200 valence electrons. The molecule has 9 nitrogen and oxygen atoms in total. The smallest absolute Gasteiger partial charge is 0.164 e. The zero-order valence-electron chi connectivity index (χ0n) is 22.4. The van der Waals surface area contributed by atoms with Crippen LogP contribution in [0, 0.1) is 11.3 Å². The van der Waals surface area contributed by atoms with Crippen LogP contribution in [0.3, 0.4) is 0 Å². The molecule has 2 fully saturated rings. The van der Waals surface area contributed by atoms with Gasteiger partial charge in [0.25, 0.3) is 0 Å². The molecule has 2 aliphatic rings. The number of nitriles is 1. The number of nitrogens with zero attached hydrogens (tertiary/aromatic N) is 7. The third kappa shape index (κ3) is 5.18. The number of piperazine rings is 1. The molecule has 2 aromatic heterocycles. The quantitative estimate of drug-likeness (QED) is 0.387. The Balaban J connectivity index is 1.20. The fourth-order valence-corrected chi connectivity index (χ4v) is 6.03. The maximum absolute atomic E-state index is 9.35. The molecule has 1 aliphatic carbocycles. The number of anilines is 2. The lowest BCUT2D eigenvalue weighted by molar-refractivity contribution is 0.0815. The van der Waals surface area contributed by atoms with Gasteiger partial charge in [-0.1, -0.05) is 30.3 Å². The zero-order chi connectivity index (χ0) is 26.8. The van der Waals surface area contributed by atoms with E-state index in [1.165, 1.54) is 25.9 Å². The number of aromatic nitrogens is 4. The van der Waals surface area contributed by atoms with Gasteiger partial charge in [-0.05, 0) is 56.5 Å². The minimum absolute atomic E-state index is 0.306. The van der Waals surface area contributed by atoms with E-state index in [1.807, 2.05) is 36.4 Å². The SMILES string of the molecule is CN1CCN([C@H]2CC[C@@H](n3nc(-c4ccc(NCc5ccccc5C#N)cc4)c4c(N)ncnc43)CC2)CC1. The summed E-state index contributed by atoms with van der Waals surface area (Å²) in [6.07, 6.45) is 6.08. The molecule has 0 unspecified atom stereocenters. The summed E-state index contributed by atoms with van der Waals surface area (Å²) in [4.78, 5) is 14.0. The van der Waals surface area contributed by atoms with Crippen molar-refractivity contribution in [2.24, 2.45) is 0 Å². The van der Waals surface area contributed by atoms with Crippen LogP contribution in [0.25, 0.3) is 22.3 Å². The molecule has 6 rings (SSSR count). The number of nitrogen functional groups attached to an aromatic ring is 1. The molecule has 1 saturated carbocycles. The van der Waals surface area contributed by atoms with Gasteiger partial charge in [-0.25, -0.2) is 14.6 Å². The lowest BCUT2D eigenvalue weighted by atomic mass is 9.90. The molecule has 4 aromatic rings. The summed E-state index contributed by atoms with van der Waals surface area (Å²) < 4.78 is 2.11. The van der Waals surface area contributed by atoms with Crippen molar-refractivity contribution in [3.63, 3.8) is 0 Å². The minimum atomic E-state index is 0.306. The highest BCUT2D eigenvalue weighted by molar-refractivity contribution is 5.98. The molecule has 0 radical (unpaired) electrons. The number of rotatable bonds is 6. The van der Waals surface area contributed by atoms with E-state index in [9.17, 15) is 5.26 Å². The Morgan fingerprint density at radius 3 is 2.41 bits per heavy atom. The Morgan fingerprint density at radius 1 is 0.949 bits per heavy atom. The predicted octanol–water partition coefficient (Wildman–Crippen LogP) is 4.29. The number of likely N-dealkylation sites (N-methyl/N-ethyl adjacent to an activating group) is 1. The fourth-order valence-electron chi connectivity index (χ4n) is 6.03. The lowest BCUT2D eigenvalue weighted by Gasteiger charge is -2.41. The van der Waals surface area contributed by atoms with Crippen LogP contribution < -0.4 is 11.1 Å². The van der Waals surface area contributed by atoms with Crippen molar-refractivity contribution < 1.29 is 0 Å². The maximum atomic E-state index is 9.35. The summed E-state index contributed by atoms with van der Waals surface area (Å²) >= 11 is 0. The van der Waals surface area contributed by atoms with Gasteiger partial charge in [0.1, 0.15) is 17.8 Å². The van der Waals surface area contributed by atoms with Crippen molar-refractivity contribution in [1.82, 2.24) is 29.5 Å². The Kier molecular flexibility index (Phi) is 7.14. The van der Waals surface area contributed by atoms with Gasteiger partial charge in [-0.2, -0.15) is 10.4 Å². The normalized spacial score (nSPS) is 20.6. The fraction of sp³-hybridized carbons (Fsp3) is 0.400. The molecule has 0 spiro atoms. The highest BCUT2D eigenvalue weighted by Gasteiger charge is 2.30. The molecule has 1 aliphatic heterocycles. The van der Waals surface area contributed by atoms with Crippen LogP contribution in [0.15, 0.2) is 54.9 Å². The standard InChI is InChI=1S/C30H35N9/c1-37-14-16-38(17-15-37)25-10-12-26(13-11-25)39-30-27(29(32)34-20-35-30)28(36-39)21-6-8-24(9-7-21)33-19-23-5-3-2-4-22(23)18-31/h2-9,20,25-26,33H,10-17,19H2,1H3,(H2,32,34,35)/t25-,26+. The number of fused-ring (bicyclic) bond motifs is 1. The zero-order valence-corrected chi connectivity index (χ0v) is 22.4. The molecule has 1 saturated heterocycles. The average molecular weight is 522 g/mol. The first-order valence-electron chi connectivity index (χ1n) is 13.8. The molecule has 39 heavy (non-hydrogen) atoms. The summed E-state index contributed by atoms with van der Waals surface area (Å²) in [5.74, 6) is 0.461. The van der Waals surface area contributed by atoms with E-state index in [4.69, 9.17) is 10.8 Å². The van der Waals surface area contributed by atoms with Crippen LogP contribution >= 0.6 is 0 Å². The van der Waals surface area contributed by atoms with E-state index in [2.05, 4.69) is 55.0 Å². The van der Waals surface area contributed by atoms with Gasteiger partial charge in [0, 0.05) is 50.0 Å². The van der Waals surface area contributed by atoms with E-state index in [0.717, 1.165) is 59.5 Å². The second-order valence-electron chi connectivity index (χ2n) is 10.8. The Bertz CT molecular complexity index is 1470. The topological polar surface area (TPSA) is 112 Å². The van der Waals surface area contributed by atoms with Gasteiger partial charge >= 0.3 is 0 Å². The molecule has 3 heterocycles. The van der Waals surface area contributed by atoms with Crippen molar-refractivity contribution in [3.8, 4) is 17.3 Å². The van der Waals surface area contributed by atoms with Gasteiger partial charge in [0.2, 0.25) is 0 Å². The number of benzene rings is 2. The van der Waals surface area contributed by atoms with E-state index < -0.39 is 0 Å². The first-order chi connectivity index (χ1) is 19.1. The maximum Gasteiger partial charge on any atom is 0.164 e. The summed E-state index contributed by atoms with van der Waals surface area (Å²) in [5.41, 5.74) is 11.6. The van der Waals surface area contributed by atoms with Crippen LogP contribution in [0.1, 0.15) is 42.9 Å².